The lowest BCUT2D eigenvalue weighted by Crippen LogP contribution is -2.29. The van der Waals surface area contributed by atoms with Gasteiger partial charge in [-0.15, -0.1) is 0 Å². The van der Waals surface area contributed by atoms with Crippen LogP contribution in [0, 0.1) is 6.92 Å². The van der Waals surface area contributed by atoms with Gasteiger partial charge in [0.2, 0.25) is 0 Å². The summed E-state index contributed by atoms with van der Waals surface area (Å²) in [4.78, 5) is 24.7. The molecule has 2 N–H and O–H groups in total. The zero-order valence-corrected chi connectivity index (χ0v) is 14.9. The van der Waals surface area contributed by atoms with Gasteiger partial charge < -0.3 is 15.0 Å². The van der Waals surface area contributed by atoms with Gasteiger partial charge in [-0.1, -0.05) is 6.07 Å². The minimum Gasteiger partial charge on any atom is -0.391 e. The highest BCUT2D eigenvalue weighted by atomic mass is 19.4. The number of rotatable bonds is 2. The minimum atomic E-state index is -4.58. The van der Waals surface area contributed by atoms with Crippen molar-refractivity contribution in [1.82, 2.24) is 19.9 Å². The van der Waals surface area contributed by atoms with Crippen molar-refractivity contribution >= 4 is 16.8 Å². The van der Waals surface area contributed by atoms with Crippen molar-refractivity contribution in [3.63, 3.8) is 0 Å². The number of halogens is 3. The number of nitrogens with one attached hydrogen (secondary N) is 1. The number of β-amino-alcohol motifs (C(OH)–C–C–N with tert-alkyl or cyclic N) is 1. The summed E-state index contributed by atoms with van der Waals surface area (Å²) in [6, 6.07) is 4.79. The average molecular weight is 390 g/mol. The Labute approximate surface area is 158 Å². The van der Waals surface area contributed by atoms with Gasteiger partial charge in [0.15, 0.2) is 0 Å². The van der Waals surface area contributed by atoms with Gasteiger partial charge in [-0.05, 0) is 25.5 Å². The van der Waals surface area contributed by atoms with Crippen LogP contribution in [0.15, 0.2) is 30.6 Å². The first kappa shape index (κ1) is 18.4. The molecule has 0 radical (unpaired) electrons. The van der Waals surface area contributed by atoms with Crippen LogP contribution in [0.2, 0.25) is 0 Å². The lowest BCUT2D eigenvalue weighted by Gasteiger charge is -2.15. The number of likely N-dealkylation sites (tertiary alicyclic amines) is 1. The SMILES string of the molecule is Cc1ncc(C(F)(F)F)c(-c2c[nH]c3cc(C(=O)N4CC[C@@H](O)C4)ccc23)n1. The molecule has 1 amide bonds. The van der Waals surface area contributed by atoms with Crippen molar-refractivity contribution < 1.29 is 23.1 Å². The van der Waals surface area contributed by atoms with Crippen LogP contribution in [0.1, 0.15) is 28.2 Å². The highest BCUT2D eigenvalue weighted by Gasteiger charge is 2.36. The molecule has 4 rings (SSSR count). The Hall–Kier alpha value is -2.94. The second kappa shape index (κ2) is 6.59. The van der Waals surface area contributed by atoms with Crippen LogP contribution < -0.4 is 0 Å². The number of nitrogens with zero attached hydrogens (tertiary/aromatic N) is 3. The highest BCUT2D eigenvalue weighted by Crippen LogP contribution is 2.38. The Morgan fingerprint density at radius 2 is 2.14 bits per heavy atom. The van der Waals surface area contributed by atoms with Crippen LogP contribution in [0.25, 0.3) is 22.2 Å². The lowest BCUT2D eigenvalue weighted by molar-refractivity contribution is -0.137. The number of aliphatic hydroxyl groups excluding tert-OH is 1. The van der Waals surface area contributed by atoms with E-state index in [4.69, 9.17) is 0 Å². The molecule has 0 unspecified atom stereocenters. The van der Waals surface area contributed by atoms with E-state index in [1.54, 1.807) is 23.1 Å². The molecule has 1 aromatic carbocycles. The number of alkyl halides is 3. The fraction of sp³-hybridized carbons (Fsp3) is 0.316. The van der Waals surface area contributed by atoms with Gasteiger partial charge in [0.25, 0.3) is 5.91 Å². The van der Waals surface area contributed by atoms with Gasteiger partial charge in [0.05, 0.1) is 11.8 Å². The van der Waals surface area contributed by atoms with E-state index in [9.17, 15) is 23.1 Å². The third-order valence-corrected chi connectivity index (χ3v) is 4.85. The summed E-state index contributed by atoms with van der Waals surface area (Å²) in [6.07, 6.45) is -2.33. The van der Waals surface area contributed by atoms with E-state index in [1.807, 2.05) is 0 Å². The fourth-order valence-corrected chi connectivity index (χ4v) is 3.45. The standard InChI is InChI=1S/C19H17F3N4O2/c1-10-23-8-15(19(20,21)22)17(25-10)14-7-24-16-6-11(2-3-13(14)16)18(28)26-5-4-12(27)9-26/h2-3,6-8,12,24,27H,4-5,9H2,1H3/t12-/m1/s1. The first-order valence-electron chi connectivity index (χ1n) is 8.73. The molecule has 146 valence electrons. The molecular weight excluding hydrogens is 373 g/mol. The molecule has 1 aliphatic heterocycles. The molecule has 1 atom stereocenters. The van der Waals surface area contributed by atoms with Gasteiger partial charge in [0, 0.05) is 47.5 Å². The minimum absolute atomic E-state index is 0.201. The first-order valence-corrected chi connectivity index (χ1v) is 8.73. The van der Waals surface area contributed by atoms with Gasteiger partial charge in [-0.25, -0.2) is 9.97 Å². The number of carbonyl (C=O) groups is 1. The van der Waals surface area contributed by atoms with Gasteiger partial charge in [-0.3, -0.25) is 4.79 Å². The van der Waals surface area contributed by atoms with Crippen LogP contribution in [0.3, 0.4) is 0 Å². The van der Waals surface area contributed by atoms with Crippen LogP contribution in [-0.2, 0) is 6.18 Å². The van der Waals surface area contributed by atoms with Gasteiger partial charge in [-0.2, -0.15) is 13.2 Å². The summed E-state index contributed by atoms with van der Waals surface area (Å²) in [7, 11) is 0. The summed E-state index contributed by atoms with van der Waals surface area (Å²) in [5.41, 5.74) is 0.122. The maximum absolute atomic E-state index is 13.4. The molecule has 1 fully saturated rings. The number of amides is 1. The number of hydrogen-bond donors (Lipinski definition) is 2. The van der Waals surface area contributed by atoms with Crippen molar-refractivity contribution in [2.24, 2.45) is 0 Å². The number of aromatic nitrogens is 3. The number of carbonyl (C=O) groups excluding carboxylic acids is 1. The third kappa shape index (κ3) is 3.22. The smallest absolute Gasteiger partial charge is 0.391 e. The van der Waals surface area contributed by atoms with Crippen molar-refractivity contribution in [3.8, 4) is 11.3 Å². The number of aromatic amines is 1. The Morgan fingerprint density at radius 1 is 1.36 bits per heavy atom. The average Bonchev–Trinajstić information content (AvgIpc) is 3.25. The normalized spacial score (nSPS) is 17.5. The van der Waals surface area contributed by atoms with Crippen LogP contribution in [0.5, 0.6) is 0 Å². The van der Waals surface area contributed by atoms with E-state index < -0.39 is 17.8 Å². The topological polar surface area (TPSA) is 82.1 Å². The Morgan fingerprint density at radius 3 is 2.82 bits per heavy atom. The predicted octanol–water partition coefficient (Wildman–Crippen LogP) is 3.16. The molecule has 0 bridgehead atoms. The third-order valence-electron chi connectivity index (χ3n) is 4.85. The molecule has 9 heteroatoms. The van der Waals surface area contributed by atoms with E-state index in [1.165, 1.54) is 13.1 Å². The quantitative estimate of drug-likeness (QED) is 0.704. The number of aliphatic hydroxyl groups is 1. The zero-order valence-electron chi connectivity index (χ0n) is 14.9. The number of fused-ring (bicyclic) bond motifs is 1. The van der Waals surface area contributed by atoms with E-state index in [0.29, 0.717) is 35.0 Å². The maximum Gasteiger partial charge on any atom is 0.419 e. The van der Waals surface area contributed by atoms with Gasteiger partial charge >= 0.3 is 6.18 Å². The Kier molecular flexibility index (Phi) is 4.34. The van der Waals surface area contributed by atoms with Crippen LogP contribution in [-0.4, -0.2) is 50.1 Å². The van der Waals surface area contributed by atoms with Crippen LogP contribution >= 0.6 is 0 Å². The summed E-state index contributed by atoms with van der Waals surface area (Å²) in [5.74, 6) is 0.0141. The summed E-state index contributed by atoms with van der Waals surface area (Å²) in [5, 5.41) is 10.1. The predicted molar refractivity (Wildman–Crippen MR) is 95.6 cm³/mol. The number of aryl methyl sites for hydroxylation is 1. The van der Waals surface area contributed by atoms with E-state index in [2.05, 4.69) is 15.0 Å². The molecular formula is C19H17F3N4O2. The molecule has 0 aliphatic carbocycles. The Bertz CT molecular complexity index is 1060. The molecule has 1 aliphatic rings. The maximum atomic E-state index is 13.4. The number of hydrogen-bond acceptors (Lipinski definition) is 4. The lowest BCUT2D eigenvalue weighted by atomic mass is 10.0. The molecule has 3 aromatic rings. The molecule has 2 aromatic heterocycles. The molecule has 28 heavy (non-hydrogen) atoms. The fourth-order valence-electron chi connectivity index (χ4n) is 3.45. The second-order valence-electron chi connectivity index (χ2n) is 6.83. The van der Waals surface area contributed by atoms with E-state index in [-0.39, 0.29) is 24.0 Å². The Balaban J connectivity index is 1.76. The van der Waals surface area contributed by atoms with Crippen LogP contribution in [0.4, 0.5) is 13.2 Å². The molecule has 0 spiro atoms. The number of benzene rings is 1. The largest absolute Gasteiger partial charge is 0.419 e. The molecule has 3 heterocycles. The highest BCUT2D eigenvalue weighted by molar-refractivity contribution is 6.02. The van der Waals surface area contributed by atoms with Crippen molar-refractivity contribution in [1.29, 1.82) is 0 Å². The summed E-state index contributed by atoms with van der Waals surface area (Å²) in [6.45, 7) is 2.28. The summed E-state index contributed by atoms with van der Waals surface area (Å²) >= 11 is 0. The molecule has 6 nitrogen and oxygen atoms in total. The number of H-pyrrole nitrogens is 1. The molecule has 0 saturated carbocycles. The van der Waals surface area contributed by atoms with Crippen molar-refractivity contribution in [2.75, 3.05) is 13.1 Å². The molecule has 1 saturated heterocycles. The first-order chi connectivity index (χ1) is 13.2. The van der Waals surface area contributed by atoms with Crippen molar-refractivity contribution in [2.45, 2.75) is 25.6 Å². The van der Waals surface area contributed by atoms with E-state index in [0.717, 1.165) is 6.20 Å². The zero-order chi connectivity index (χ0) is 20.1. The monoisotopic (exact) mass is 390 g/mol. The van der Waals surface area contributed by atoms with Crippen molar-refractivity contribution in [3.05, 3.63) is 47.5 Å². The second-order valence-corrected chi connectivity index (χ2v) is 6.83. The van der Waals surface area contributed by atoms with E-state index >= 15 is 0 Å². The van der Waals surface area contributed by atoms with Gasteiger partial charge in [0.1, 0.15) is 11.4 Å². The summed E-state index contributed by atoms with van der Waals surface area (Å²) < 4.78 is 40.2.